The number of amides is 1. The Bertz CT molecular complexity index is 1280. The third-order valence-electron chi connectivity index (χ3n) is 4.58. The molecule has 2 aromatic carbocycles. The Kier molecular flexibility index (Phi) is 6.26. The lowest BCUT2D eigenvalue weighted by molar-refractivity contribution is 0.0950. The van der Waals surface area contributed by atoms with Crippen LogP contribution in [0, 0.1) is 0 Å². The number of ether oxygens (including phenoxy) is 2. The lowest BCUT2D eigenvalue weighted by Crippen LogP contribution is -2.22. The minimum absolute atomic E-state index is 0.0512. The summed E-state index contributed by atoms with van der Waals surface area (Å²) in [6, 6.07) is 14.7. The Balaban J connectivity index is 1.51. The van der Waals surface area contributed by atoms with Crippen LogP contribution in [0.3, 0.4) is 0 Å². The molecule has 0 aliphatic heterocycles. The summed E-state index contributed by atoms with van der Waals surface area (Å²) in [7, 11) is 3.05. The average molecular weight is 453 g/mol. The van der Waals surface area contributed by atoms with Crippen molar-refractivity contribution in [1.82, 2.24) is 25.2 Å². The van der Waals surface area contributed by atoms with Crippen molar-refractivity contribution >= 4 is 17.2 Å². The monoisotopic (exact) mass is 453 g/mol. The van der Waals surface area contributed by atoms with E-state index in [1.165, 1.54) is 18.8 Å². The van der Waals surface area contributed by atoms with E-state index in [0.29, 0.717) is 34.4 Å². The molecule has 0 bridgehead atoms. The Hall–Kier alpha value is -3.99. The van der Waals surface area contributed by atoms with Crippen LogP contribution in [0.5, 0.6) is 11.5 Å². The zero-order valence-electron chi connectivity index (χ0n) is 17.3. The highest BCUT2D eigenvalue weighted by atomic mass is 32.1. The van der Waals surface area contributed by atoms with Crippen molar-refractivity contribution in [2.24, 2.45) is 0 Å². The number of hydrogen-bond acceptors (Lipinski definition) is 9. The first kappa shape index (κ1) is 21.2. The second-order valence-electron chi connectivity index (χ2n) is 6.60. The van der Waals surface area contributed by atoms with Gasteiger partial charge < -0.3 is 14.8 Å². The molecule has 2 aromatic heterocycles. The maximum atomic E-state index is 12.4. The highest BCUT2D eigenvalue weighted by Crippen LogP contribution is 2.31. The van der Waals surface area contributed by atoms with Crippen LogP contribution in [0.1, 0.15) is 20.4 Å². The van der Waals surface area contributed by atoms with Gasteiger partial charge in [0.25, 0.3) is 5.91 Å². The Morgan fingerprint density at radius 2 is 1.88 bits per heavy atom. The van der Waals surface area contributed by atoms with E-state index >= 15 is 0 Å². The summed E-state index contributed by atoms with van der Waals surface area (Å²) in [6.45, 7) is 0.429. The van der Waals surface area contributed by atoms with Crippen molar-refractivity contribution in [2.75, 3.05) is 14.2 Å². The maximum Gasteiger partial charge on any atom is 0.442 e. The molecule has 0 atom stereocenters. The normalized spacial score (nSPS) is 10.7. The summed E-state index contributed by atoms with van der Waals surface area (Å²) in [5.41, 5.74) is 1.57. The molecular weight excluding hydrogens is 434 g/mol. The number of nitrogens with one attached hydrogen (secondary N) is 1. The molecule has 1 N–H and O–H groups in total. The third kappa shape index (κ3) is 4.52. The first-order valence-electron chi connectivity index (χ1n) is 9.52. The van der Waals surface area contributed by atoms with Crippen molar-refractivity contribution in [2.45, 2.75) is 13.1 Å². The summed E-state index contributed by atoms with van der Waals surface area (Å²) in [5.74, 6) is 0.334. The molecule has 0 fully saturated rings. The third-order valence-corrected chi connectivity index (χ3v) is 5.49. The molecule has 0 aliphatic carbocycles. The van der Waals surface area contributed by atoms with E-state index in [4.69, 9.17) is 14.0 Å². The minimum atomic E-state index is -0.653. The highest BCUT2D eigenvalue weighted by Gasteiger charge is 2.19. The van der Waals surface area contributed by atoms with E-state index in [1.807, 2.05) is 30.3 Å². The molecule has 0 saturated carbocycles. The quantitative estimate of drug-likeness (QED) is 0.432. The molecular formula is C21H19N5O5S. The molecule has 0 aliphatic rings. The average Bonchev–Trinajstić information content (AvgIpc) is 3.45. The van der Waals surface area contributed by atoms with E-state index in [2.05, 4.69) is 20.7 Å². The lowest BCUT2D eigenvalue weighted by Gasteiger charge is -2.09. The minimum Gasteiger partial charge on any atom is -0.493 e. The van der Waals surface area contributed by atoms with Crippen LogP contribution in [-0.4, -0.2) is 40.0 Å². The molecule has 11 heteroatoms. The summed E-state index contributed by atoms with van der Waals surface area (Å²) in [6.07, 6.45) is 0. The van der Waals surface area contributed by atoms with Crippen molar-refractivity contribution in [3.8, 4) is 22.9 Å². The SMILES string of the molecule is COc1ccc(-c2noc(=O)n2Cc2nnc(C(=O)NCc3ccccc3)s2)cc1OC. The van der Waals surface area contributed by atoms with Gasteiger partial charge in [-0.2, -0.15) is 0 Å². The number of aromatic nitrogens is 4. The van der Waals surface area contributed by atoms with Crippen LogP contribution >= 0.6 is 11.3 Å². The molecule has 4 aromatic rings. The number of rotatable bonds is 8. The van der Waals surface area contributed by atoms with E-state index in [9.17, 15) is 9.59 Å². The topological polar surface area (TPSA) is 121 Å². The second kappa shape index (κ2) is 9.43. The standard InChI is InChI=1S/C21H19N5O5S/c1-29-15-9-8-14(10-16(15)30-2)18-25-31-21(28)26(18)12-17-23-24-20(32-17)19(27)22-11-13-6-4-3-5-7-13/h3-10H,11-12H2,1-2H3,(H,22,27). The van der Waals surface area contributed by atoms with E-state index < -0.39 is 5.76 Å². The lowest BCUT2D eigenvalue weighted by atomic mass is 10.2. The van der Waals surface area contributed by atoms with Gasteiger partial charge in [0.05, 0.1) is 20.8 Å². The predicted molar refractivity (Wildman–Crippen MR) is 116 cm³/mol. The van der Waals surface area contributed by atoms with Crippen LogP contribution in [0.15, 0.2) is 57.8 Å². The number of methoxy groups -OCH3 is 2. The molecule has 0 saturated heterocycles. The molecule has 32 heavy (non-hydrogen) atoms. The Labute approximate surface area is 186 Å². The van der Waals surface area contributed by atoms with Gasteiger partial charge >= 0.3 is 5.76 Å². The van der Waals surface area contributed by atoms with Gasteiger partial charge in [0, 0.05) is 12.1 Å². The van der Waals surface area contributed by atoms with Gasteiger partial charge in [-0.1, -0.05) is 46.8 Å². The van der Waals surface area contributed by atoms with Gasteiger partial charge in [-0.05, 0) is 23.8 Å². The van der Waals surface area contributed by atoms with E-state index in [0.717, 1.165) is 16.9 Å². The summed E-state index contributed by atoms with van der Waals surface area (Å²) < 4.78 is 16.7. The van der Waals surface area contributed by atoms with Gasteiger partial charge in [0.15, 0.2) is 17.3 Å². The summed E-state index contributed by atoms with van der Waals surface area (Å²) in [4.78, 5) is 24.6. The molecule has 10 nitrogen and oxygen atoms in total. The molecule has 164 valence electrons. The zero-order chi connectivity index (χ0) is 22.5. The van der Waals surface area contributed by atoms with Gasteiger partial charge in [-0.25, -0.2) is 9.36 Å². The molecule has 0 radical (unpaired) electrons. The molecule has 0 unspecified atom stereocenters. The second-order valence-corrected chi connectivity index (χ2v) is 7.66. The molecule has 2 heterocycles. The van der Waals surface area contributed by atoms with Crippen molar-refractivity contribution in [1.29, 1.82) is 0 Å². The van der Waals surface area contributed by atoms with Gasteiger partial charge in [0.1, 0.15) is 5.01 Å². The number of benzene rings is 2. The first-order chi connectivity index (χ1) is 15.6. The summed E-state index contributed by atoms with van der Waals surface area (Å²) >= 11 is 1.09. The predicted octanol–water partition coefficient (Wildman–Crippen LogP) is 2.35. The van der Waals surface area contributed by atoms with Crippen LogP contribution in [-0.2, 0) is 13.1 Å². The number of carbonyl (C=O) groups is 1. The largest absolute Gasteiger partial charge is 0.493 e. The van der Waals surface area contributed by atoms with Gasteiger partial charge in [-0.15, -0.1) is 10.2 Å². The van der Waals surface area contributed by atoms with E-state index in [1.54, 1.807) is 18.2 Å². The zero-order valence-corrected chi connectivity index (χ0v) is 18.1. The molecule has 0 spiro atoms. The smallest absolute Gasteiger partial charge is 0.442 e. The van der Waals surface area contributed by atoms with Crippen molar-refractivity contribution < 1.29 is 18.8 Å². The first-order valence-corrected chi connectivity index (χ1v) is 10.3. The fraction of sp³-hybridized carbons (Fsp3) is 0.190. The molecule has 1 amide bonds. The highest BCUT2D eigenvalue weighted by molar-refractivity contribution is 7.13. The van der Waals surface area contributed by atoms with Crippen LogP contribution in [0.2, 0.25) is 0 Å². The molecule has 4 rings (SSSR count). The van der Waals surface area contributed by atoms with Gasteiger partial charge in [-0.3, -0.25) is 9.32 Å². The van der Waals surface area contributed by atoms with Crippen molar-refractivity contribution in [3.05, 3.63) is 74.7 Å². The fourth-order valence-corrected chi connectivity index (χ4v) is 3.73. The van der Waals surface area contributed by atoms with Crippen LogP contribution in [0.25, 0.3) is 11.4 Å². The van der Waals surface area contributed by atoms with Crippen LogP contribution in [0.4, 0.5) is 0 Å². The number of carbonyl (C=O) groups excluding carboxylic acids is 1. The Morgan fingerprint density at radius 1 is 1.09 bits per heavy atom. The maximum absolute atomic E-state index is 12.4. The van der Waals surface area contributed by atoms with Gasteiger partial charge in [0.2, 0.25) is 5.01 Å². The summed E-state index contributed by atoms with van der Waals surface area (Å²) in [5, 5.41) is 15.3. The fourth-order valence-electron chi connectivity index (χ4n) is 2.99. The number of hydrogen-bond donors (Lipinski definition) is 1. The van der Waals surface area contributed by atoms with Crippen molar-refractivity contribution in [3.63, 3.8) is 0 Å². The van der Waals surface area contributed by atoms with Crippen LogP contribution < -0.4 is 20.5 Å². The number of nitrogens with zero attached hydrogens (tertiary/aromatic N) is 4. The van der Waals surface area contributed by atoms with E-state index in [-0.39, 0.29) is 17.5 Å². The Morgan fingerprint density at radius 3 is 2.62 bits per heavy atom.